The number of hydrogen-bond acceptors (Lipinski definition) is 7. The van der Waals surface area contributed by atoms with Gasteiger partial charge in [0, 0.05) is 35.2 Å². The summed E-state index contributed by atoms with van der Waals surface area (Å²) in [5.74, 6) is 0.752. The number of aromatic nitrogens is 2. The average molecular weight is 455 g/mol. The standard InChI is InChI=1S/C24H27ClN4O3/c1-15-19(3-2-4-20(15)25)21-13-23(29-24(26)28-21)27-12-11-16-5-7-17(8-6-16)22(32)10-9-18(31)14-30/h2-8,13,18,30-31H,9-12,14H2,1H3,(H3,26,27,28,29). The third-order valence-corrected chi connectivity index (χ3v) is 5.61. The molecule has 8 heteroatoms. The number of carbonyl (C=O) groups excluding carboxylic acids is 1. The normalized spacial score (nSPS) is 11.9. The number of nitrogen functional groups attached to an aromatic ring is 1. The minimum absolute atomic E-state index is 0.0533. The maximum absolute atomic E-state index is 12.2. The number of aliphatic hydroxyl groups is 2. The minimum Gasteiger partial charge on any atom is -0.394 e. The smallest absolute Gasteiger partial charge is 0.222 e. The highest BCUT2D eigenvalue weighted by atomic mass is 35.5. The fourth-order valence-electron chi connectivity index (χ4n) is 3.30. The van der Waals surface area contributed by atoms with E-state index in [1.807, 2.05) is 43.3 Å². The van der Waals surface area contributed by atoms with E-state index < -0.39 is 6.10 Å². The first-order chi connectivity index (χ1) is 15.4. The average Bonchev–Trinajstić information content (AvgIpc) is 2.79. The molecule has 3 aromatic rings. The molecule has 7 nitrogen and oxygen atoms in total. The minimum atomic E-state index is -0.858. The molecule has 0 amide bonds. The molecule has 1 atom stereocenters. The zero-order valence-electron chi connectivity index (χ0n) is 17.9. The van der Waals surface area contributed by atoms with Crippen LogP contribution in [0.25, 0.3) is 11.3 Å². The van der Waals surface area contributed by atoms with Crippen LogP contribution in [0.1, 0.15) is 34.3 Å². The third-order valence-electron chi connectivity index (χ3n) is 5.20. The Morgan fingerprint density at radius 1 is 1.19 bits per heavy atom. The van der Waals surface area contributed by atoms with Gasteiger partial charge in [0.15, 0.2) is 5.78 Å². The predicted octanol–water partition coefficient (Wildman–Crippen LogP) is 3.66. The van der Waals surface area contributed by atoms with Gasteiger partial charge in [-0.05, 0) is 37.0 Å². The summed E-state index contributed by atoms with van der Waals surface area (Å²) in [5, 5.41) is 22.2. The molecule has 0 fully saturated rings. The number of aliphatic hydroxyl groups excluding tert-OH is 2. The van der Waals surface area contributed by atoms with Crippen molar-refractivity contribution in [2.45, 2.75) is 32.3 Å². The summed E-state index contributed by atoms with van der Waals surface area (Å²) in [4.78, 5) is 20.8. The van der Waals surface area contributed by atoms with Crippen LogP contribution in [-0.4, -0.2) is 45.2 Å². The molecule has 5 N–H and O–H groups in total. The van der Waals surface area contributed by atoms with Crippen LogP contribution in [0.3, 0.4) is 0 Å². The van der Waals surface area contributed by atoms with E-state index in [2.05, 4.69) is 15.3 Å². The number of nitrogens with one attached hydrogen (secondary N) is 1. The lowest BCUT2D eigenvalue weighted by molar-refractivity contribution is 0.0779. The molecule has 0 aliphatic carbocycles. The molecule has 0 aliphatic heterocycles. The van der Waals surface area contributed by atoms with Gasteiger partial charge in [-0.1, -0.05) is 48.0 Å². The van der Waals surface area contributed by atoms with E-state index in [9.17, 15) is 9.90 Å². The molecule has 0 saturated heterocycles. The molecule has 1 heterocycles. The topological polar surface area (TPSA) is 121 Å². The van der Waals surface area contributed by atoms with Gasteiger partial charge in [0.25, 0.3) is 0 Å². The maximum Gasteiger partial charge on any atom is 0.222 e. The van der Waals surface area contributed by atoms with Gasteiger partial charge in [-0.3, -0.25) is 4.79 Å². The second-order valence-corrected chi connectivity index (χ2v) is 7.99. The molecule has 1 unspecified atom stereocenters. The van der Waals surface area contributed by atoms with Crippen LogP contribution in [-0.2, 0) is 6.42 Å². The second kappa shape index (κ2) is 11.0. The van der Waals surface area contributed by atoms with Gasteiger partial charge < -0.3 is 21.3 Å². The van der Waals surface area contributed by atoms with E-state index in [0.29, 0.717) is 28.6 Å². The Kier molecular flexibility index (Phi) is 8.16. The van der Waals surface area contributed by atoms with Gasteiger partial charge in [0.2, 0.25) is 5.95 Å². The van der Waals surface area contributed by atoms with E-state index >= 15 is 0 Å². The zero-order valence-corrected chi connectivity index (χ0v) is 18.6. The number of ketones is 1. The van der Waals surface area contributed by atoms with Crippen molar-refractivity contribution in [3.05, 3.63) is 70.2 Å². The van der Waals surface area contributed by atoms with Crippen molar-refractivity contribution in [2.24, 2.45) is 0 Å². The number of carbonyl (C=O) groups is 1. The van der Waals surface area contributed by atoms with Gasteiger partial charge >= 0.3 is 0 Å². The highest BCUT2D eigenvalue weighted by Gasteiger charge is 2.11. The Morgan fingerprint density at radius 2 is 1.94 bits per heavy atom. The third kappa shape index (κ3) is 6.26. The molecule has 32 heavy (non-hydrogen) atoms. The molecular weight excluding hydrogens is 428 g/mol. The van der Waals surface area contributed by atoms with Crippen molar-refractivity contribution in [3.63, 3.8) is 0 Å². The van der Waals surface area contributed by atoms with E-state index in [-0.39, 0.29) is 31.2 Å². The number of Topliss-reactive ketones (excluding diaryl/α,β-unsaturated/α-hetero) is 1. The van der Waals surface area contributed by atoms with Crippen molar-refractivity contribution in [3.8, 4) is 11.3 Å². The summed E-state index contributed by atoms with van der Waals surface area (Å²) in [6.07, 6.45) is 0.322. The van der Waals surface area contributed by atoms with Crippen LogP contribution in [0.2, 0.25) is 5.02 Å². The Hall–Kier alpha value is -3.00. The van der Waals surface area contributed by atoms with E-state index in [1.165, 1.54) is 0 Å². The summed E-state index contributed by atoms with van der Waals surface area (Å²) in [7, 11) is 0. The molecule has 168 valence electrons. The van der Waals surface area contributed by atoms with Crippen LogP contribution < -0.4 is 11.1 Å². The van der Waals surface area contributed by atoms with Gasteiger partial charge in [0.05, 0.1) is 18.4 Å². The van der Waals surface area contributed by atoms with Crippen LogP contribution in [0.5, 0.6) is 0 Å². The number of nitrogens with zero attached hydrogens (tertiary/aromatic N) is 2. The Morgan fingerprint density at radius 3 is 2.66 bits per heavy atom. The van der Waals surface area contributed by atoms with Crippen molar-refractivity contribution in [1.29, 1.82) is 0 Å². The van der Waals surface area contributed by atoms with E-state index in [0.717, 1.165) is 23.1 Å². The lowest BCUT2D eigenvalue weighted by Crippen LogP contribution is -2.14. The molecule has 1 aromatic heterocycles. The largest absolute Gasteiger partial charge is 0.394 e. The summed E-state index contributed by atoms with van der Waals surface area (Å²) in [6.45, 7) is 2.23. The van der Waals surface area contributed by atoms with Gasteiger partial charge in [-0.2, -0.15) is 4.98 Å². The van der Waals surface area contributed by atoms with Crippen LogP contribution in [0.4, 0.5) is 11.8 Å². The van der Waals surface area contributed by atoms with Gasteiger partial charge in [-0.25, -0.2) is 4.98 Å². The van der Waals surface area contributed by atoms with E-state index in [4.69, 9.17) is 22.4 Å². The number of benzene rings is 2. The number of hydrogen-bond donors (Lipinski definition) is 4. The SMILES string of the molecule is Cc1c(Cl)cccc1-c1cc(NCCc2ccc(C(=O)CCC(O)CO)cc2)nc(N)n1. The van der Waals surface area contributed by atoms with Crippen molar-refractivity contribution < 1.29 is 15.0 Å². The molecule has 0 spiro atoms. The summed E-state index contributed by atoms with van der Waals surface area (Å²) in [5.41, 5.74) is 10.1. The van der Waals surface area contributed by atoms with Gasteiger partial charge in [-0.15, -0.1) is 0 Å². The highest BCUT2D eigenvalue weighted by molar-refractivity contribution is 6.31. The lowest BCUT2D eigenvalue weighted by Gasteiger charge is -2.11. The molecule has 0 aliphatic rings. The molecule has 0 bridgehead atoms. The fraction of sp³-hybridized carbons (Fsp3) is 0.292. The first-order valence-electron chi connectivity index (χ1n) is 10.4. The van der Waals surface area contributed by atoms with E-state index in [1.54, 1.807) is 12.1 Å². The molecule has 3 rings (SSSR count). The predicted molar refractivity (Wildman–Crippen MR) is 127 cm³/mol. The van der Waals surface area contributed by atoms with Crippen LogP contribution in [0, 0.1) is 6.92 Å². The summed E-state index contributed by atoms with van der Waals surface area (Å²) >= 11 is 6.23. The van der Waals surface area contributed by atoms with Crippen LogP contribution >= 0.6 is 11.6 Å². The molecular formula is C24H27ClN4O3. The maximum atomic E-state index is 12.2. The number of nitrogens with two attached hydrogens (primary N) is 1. The number of rotatable bonds is 10. The highest BCUT2D eigenvalue weighted by Crippen LogP contribution is 2.28. The monoisotopic (exact) mass is 454 g/mol. The fourth-order valence-corrected chi connectivity index (χ4v) is 3.48. The Labute approximate surface area is 192 Å². The first kappa shape index (κ1) is 23.7. The van der Waals surface area contributed by atoms with Crippen molar-refractivity contribution in [2.75, 3.05) is 24.2 Å². The Bertz CT molecular complexity index is 1070. The zero-order chi connectivity index (χ0) is 23.1. The number of halogens is 1. The van der Waals surface area contributed by atoms with Crippen LogP contribution in [0.15, 0.2) is 48.5 Å². The number of anilines is 2. The quantitative estimate of drug-likeness (QED) is 0.345. The molecule has 0 radical (unpaired) electrons. The lowest BCUT2D eigenvalue weighted by atomic mass is 10.0. The van der Waals surface area contributed by atoms with Gasteiger partial charge in [0.1, 0.15) is 5.82 Å². The molecule has 2 aromatic carbocycles. The molecule has 0 saturated carbocycles. The summed E-state index contributed by atoms with van der Waals surface area (Å²) in [6, 6.07) is 14.9. The second-order valence-electron chi connectivity index (χ2n) is 7.58. The Balaban J connectivity index is 1.59. The van der Waals surface area contributed by atoms with Crippen molar-refractivity contribution >= 4 is 29.2 Å². The summed E-state index contributed by atoms with van der Waals surface area (Å²) < 4.78 is 0. The van der Waals surface area contributed by atoms with Crippen molar-refractivity contribution in [1.82, 2.24) is 9.97 Å². The first-order valence-corrected chi connectivity index (χ1v) is 10.8.